The van der Waals surface area contributed by atoms with Crippen LogP contribution < -0.4 is 14.8 Å². The quantitative estimate of drug-likeness (QED) is 0.714. The second-order valence-corrected chi connectivity index (χ2v) is 6.93. The number of amides is 1. The second-order valence-electron chi connectivity index (χ2n) is 6.50. The van der Waals surface area contributed by atoms with E-state index in [9.17, 15) is 4.79 Å². The van der Waals surface area contributed by atoms with Gasteiger partial charge in [0.1, 0.15) is 11.5 Å². The number of carbonyl (C=O) groups excluding carboxylic acids is 1. The van der Waals surface area contributed by atoms with Gasteiger partial charge in [-0.1, -0.05) is 11.6 Å². The number of hydrogen-bond acceptors (Lipinski definition) is 5. The highest BCUT2D eigenvalue weighted by Crippen LogP contribution is 2.42. The molecule has 2 aromatic carbocycles. The first-order valence-corrected chi connectivity index (χ1v) is 9.16. The van der Waals surface area contributed by atoms with Crippen molar-refractivity contribution >= 4 is 34.0 Å². The highest BCUT2D eigenvalue weighted by molar-refractivity contribution is 6.30. The lowest BCUT2D eigenvalue weighted by Gasteiger charge is -2.36. The minimum absolute atomic E-state index is 0.307. The number of pyridine rings is 1. The van der Waals surface area contributed by atoms with Gasteiger partial charge in [0.25, 0.3) is 5.91 Å². The molecule has 1 amide bonds. The number of anilines is 1. The number of fused-ring (bicyclic) bond motifs is 2. The maximum absolute atomic E-state index is 13.4. The first-order chi connectivity index (χ1) is 13.6. The molecule has 1 aliphatic heterocycles. The van der Waals surface area contributed by atoms with E-state index in [1.54, 1.807) is 37.7 Å². The van der Waals surface area contributed by atoms with Gasteiger partial charge in [-0.25, -0.2) is 0 Å². The minimum atomic E-state index is -1.21. The molecule has 0 spiro atoms. The molecule has 0 aliphatic carbocycles. The molecule has 0 saturated heterocycles. The van der Waals surface area contributed by atoms with E-state index in [0.29, 0.717) is 40.8 Å². The molecule has 1 unspecified atom stereocenters. The summed E-state index contributed by atoms with van der Waals surface area (Å²) in [5.41, 5.74) is -0.0237. The molecule has 0 saturated carbocycles. The molecule has 0 radical (unpaired) electrons. The van der Waals surface area contributed by atoms with E-state index in [4.69, 9.17) is 25.8 Å². The third-order valence-electron chi connectivity index (χ3n) is 5.02. The molecule has 1 atom stereocenters. The standard InChI is InChI=1S/C21H19ClN2O4/c1-26-15-5-3-13-11-23-12-18(16(13)10-15)24-20(25)21(27-2)7-8-28-19-6-4-14(22)9-17(19)21/h3-6,9-12H,7-8H2,1-2H3,(H,24,25). The summed E-state index contributed by atoms with van der Waals surface area (Å²) in [6.07, 6.45) is 3.71. The van der Waals surface area contributed by atoms with Gasteiger partial charge in [0.15, 0.2) is 5.60 Å². The molecule has 1 N–H and O–H groups in total. The Kier molecular flexibility index (Phi) is 4.83. The van der Waals surface area contributed by atoms with Gasteiger partial charge in [0, 0.05) is 41.1 Å². The Labute approximate surface area is 167 Å². The number of halogens is 1. The number of aromatic nitrogens is 1. The number of carbonyl (C=O) groups is 1. The number of ether oxygens (including phenoxy) is 3. The average Bonchev–Trinajstić information content (AvgIpc) is 2.73. The number of rotatable bonds is 4. The van der Waals surface area contributed by atoms with E-state index in [-0.39, 0.29) is 5.91 Å². The summed E-state index contributed by atoms with van der Waals surface area (Å²) < 4.78 is 16.8. The van der Waals surface area contributed by atoms with Gasteiger partial charge >= 0.3 is 0 Å². The number of hydrogen-bond donors (Lipinski definition) is 1. The molecular weight excluding hydrogens is 380 g/mol. The number of nitrogens with one attached hydrogen (secondary N) is 1. The molecule has 1 aliphatic rings. The Balaban J connectivity index is 1.76. The summed E-state index contributed by atoms with van der Waals surface area (Å²) in [5.74, 6) is 0.975. The van der Waals surface area contributed by atoms with E-state index < -0.39 is 5.60 Å². The normalized spacial score (nSPS) is 18.2. The van der Waals surface area contributed by atoms with Gasteiger partial charge in [-0.2, -0.15) is 0 Å². The zero-order valence-electron chi connectivity index (χ0n) is 15.5. The Morgan fingerprint density at radius 1 is 1.21 bits per heavy atom. The molecule has 1 aromatic heterocycles. The smallest absolute Gasteiger partial charge is 0.261 e. The predicted octanol–water partition coefficient (Wildman–Crippen LogP) is 4.16. The fourth-order valence-electron chi connectivity index (χ4n) is 3.52. The van der Waals surface area contributed by atoms with E-state index in [0.717, 1.165) is 10.8 Å². The van der Waals surface area contributed by atoms with Crippen LogP contribution in [-0.2, 0) is 15.1 Å². The minimum Gasteiger partial charge on any atom is -0.497 e. The van der Waals surface area contributed by atoms with Crippen LogP contribution in [0.5, 0.6) is 11.5 Å². The lowest BCUT2D eigenvalue weighted by molar-refractivity contribution is -0.142. The average molecular weight is 399 g/mol. The van der Waals surface area contributed by atoms with Crippen molar-refractivity contribution < 1.29 is 19.0 Å². The molecule has 3 aromatic rings. The number of nitrogens with zero attached hydrogens (tertiary/aromatic N) is 1. The summed E-state index contributed by atoms with van der Waals surface area (Å²) in [6.45, 7) is 0.359. The van der Waals surface area contributed by atoms with Gasteiger partial charge in [-0.15, -0.1) is 0 Å². The number of methoxy groups -OCH3 is 2. The summed E-state index contributed by atoms with van der Waals surface area (Å²) >= 11 is 6.17. The highest BCUT2D eigenvalue weighted by Gasteiger charge is 2.45. The van der Waals surface area contributed by atoms with Crippen LogP contribution in [0, 0.1) is 0 Å². The fraction of sp³-hybridized carbons (Fsp3) is 0.238. The van der Waals surface area contributed by atoms with Crippen LogP contribution in [0.1, 0.15) is 12.0 Å². The number of benzene rings is 2. The van der Waals surface area contributed by atoms with Gasteiger partial charge in [0.05, 0.1) is 25.6 Å². The maximum atomic E-state index is 13.4. The second kappa shape index (κ2) is 7.30. The molecule has 2 heterocycles. The summed E-state index contributed by atoms with van der Waals surface area (Å²) in [5, 5.41) is 5.20. The van der Waals surface area contributed by atoms with Crippen molar-refractivity contribution in [3.05, 3.63) is 59.4 Å². The van der Waals surface area contributed by atoms with Gasteiger partial charge in [0.2, 0.25) is 0 Å². The van der Waals surface area contributed by atoms with Gasteiger partial charge in [-0.05, 0) is 36.4 Å². The SMILES string of the molecule is COc1ccc2cncc(NC(=O)C3(OC)CCOc4ccc(Cl)cc43)c2c1. The van der Waals surface area contributed by atoms with Crippen LogP contribution in [0.15, 0.2) is 48.8 Å². The zero-order chi connectivity index (χ0) is 19.7. The first-order valence-electron chi connectivity index (χ1n) is 8.78. The van der Waals surface area contributed by atoms with Crippen LogP contribution in [0.4, 0.5) is 5.69 Å². The van der Waals surface area contributed by atoms with Crippen molar-refractivity contribution in [2.24, 2.45) is 0 Å². The Morgan fingerprint density at radius 2 is 2.07 bits per heavy atom. The lowest BCUT2D eigenvalue weighted by atomic mass is 9.86. The summed E-state index contributed by atoms with van der Waals surface area (Å²) in [7, 11) is 3.11. The van der Waals surface area contributed by atoms with E-state index in [1.165, 1.54) is 7.11 Å². The van der Waals surface area contributed by atoms with Crippen molar-refractivity contribution in [1.82, 2.24) is 4.98 Å². The van der Waals surface area contributed by atoms with Gasteiger partial charge in [-0.3, -0.25) is 9.78 Å². The van der Waals surface area contributed by atoms with Crippen molar-refractivity contribution in [1.29, 1.82) is 0 Å². The van der Waals surface area contributed by atoms with Crippen LogP contribution in [0.25, 0.3) is 10.8 Å². The molecule has 28 heavy (non-hydrogen) atoms. The van der Waals surface area contributed by atoms with Crippen molar-refractivity contribution in [2.75, 3.05) is 26.1 Å². The maximum Gasteiger partial charge on any atom is 0.261 e. The Bertz CT molecular complexity index is 1060. The third kappa shape index (κ3) is 3.04. The molecular formula is C21H19ClN2O4. The predicted molar refractivity (Wildman–Crippen MR) is 107 cm³/mol. The summed E-state index contributed by atoms with van der Waals surface area (Å²) in [4.78, 5) is 17.6. The van der Waals surface area contributed by atoms with Crippen LogP contribution >= 0.6 is 11.6 Å². The molecule has 7 heteroatoms. The van der Waals surface area contributed by atoms with Crippen LogP contribution in [0.2, 0.25) is 5.02 Å². The fourth-order valence-corrected chi connectivity index (χ4v) is 3.69. The largest absolute Gasteiger partial charge is 0.497 e. The third-order valence-corrected chi connectivity index (χ3v) is 5.25. The van der Waals surface area contributed by atoms with E-state index >= 15 is 0 Å². The van der Waals surface area contributed by atoms with Gasteiger partial charge < -0.3 is 19.5 Å². The molecule has 4 rings (SSSR count). The topological polar surface area (TPSA) is 69.7 Å². The first kappa shape index (κ1) is 18.5. The monoisotopic (exact) mass is 398 g/mol. The van der Waals surface area contributed by atoms with Crippen LogP contribution in [0.3, 0.4) is 0 Å². The molecule has 0 fully saturated rings. The van der Waals surface area contributed by atoms with E-state index in [1.807, 2.05) is 18.2 Å². The Morgan fingerprint density at radius 3 is 2.86 bits per heavy atom. The lowest BCUT2D eigenvalue weighted by Crippen LogP contribution is -2.45. The van der Waals surface area contributed by atoms with E-state index in [2.05, 4.69) is 10.3 Å². The summed E-state index contributed by atoms with van der Waals surface area (Å²) in [6, 6.07) is 10.8. The Hall–Kier alpha value is -2.83. The van der Waals surface area contributed by atoms with Crippen molar-refractivity contribution in [3.63, 3.8) is 0 Å². The molecule has 0 bridgehead atoms. The highest BCUT2D eigenvalue weighted by atomic mass is 35.5. The molecule has 144 valence electrons. The van der Waals surface area contributed by atoms with Crippen molar-refractivity contribution in [3.8, 4) is 11.5 Å². The zero-order valence-corrected chi connectivity index (χ0v) is 16.2. The van der Waals surface area contributed by atoms with Crippen LogP contribution in [-0.4, -0.2) is 31.7 Å². The van der Waals surface area contributed by atoms with Crippen molar-refractivity contribution in [2.45, 2.75) is 12.0 Å². The molecule has 6 nitrogen and oxygen atoms in total.